The number of hydrogen-bond donors (Lipinski definition) is 3. The topological polar surface area (TPSA) is 117 Å². The Morgan fingerprint density at radius 1 is 1.30 bits per heavy atom. The number of rotatable bonds is 6. The summed E-state index contributed by atoms with van der Waals surface area (Å²) >= 11 is 0. The van der Waals surface area contributed by atoms with Crippen LogP contribution in [0, 0.1) is 29.1 Å². The molecule has 2 fully saturated rings. The van der Waals surface area contributed by atoms with Gasteiger partial charge in [0.2, 0.25) is 5.91 Å². The highest BCUT2D eigenvalue weighted by Gasteiger charge is 2.53. The number of amides is 2. The molecule has 0 saturated heterocycles. The van der Waals surface area contributed by atoms with Gasteiger partial charge in [-0.25, -0.2) is 4.98 Å². The number of aromatic nitrogens is 2. The van der Waals surface area contributed by atoms with E-state index in [1.54, 1.807) is 12.3 Å². The van der Waals surface area contributed by atoms with Crippen LogP contribution in [0.15, 0.2) is 41.4 Å². The van der Waals surface area contributed by atoms with Crippen molar-refractivity contribution < 1.29 is 19.1 Å². The van der Waals surface area contributed by atoms with Gasteiger partial charge in [-0.15, -0.1) is 0 Å². The van der Waals surface area contributed by atoms with E-state index in [9.17, 15) is 14.7 Å². The minimum Gasteiger partial charge on any atom is -0.467 e. The predicted molar refractivity (Wildman–Crippen MR) is 122 cm³/mol. The SMILES string of the molecule is C[C@@H]1[C@@H]2[C@@H](O)[C@@H]([C@H](C)C(=O)NCc3ccco3)CC[C@]2(C)CC[C@@H]1NC(=O)c1cnccn1. The number of hydrogen-bond acceptors (Lipinski definition) is 6. The number of carbonyl (C=O) groups excluding carboxylic acids is 2. The molecule has 8 nitrogen and oxygen atoms in total. The largest absolute Gasteiger partial charge is 0.467 e. The van der Waals surface area contributed by atoms with Gasteiger partial charge in [0, 0.05) is 24.4 Å². The molecule has 2 amide bonds. The van der Waals surface area contributed by atoms with Crippen molar-refractivity contribution in [2.24, 2.45) is 29.1 Å². The van der Waals surface area contributed by atoms with E-state index >= 15 is 0 Å². The Hall–Kier alpha value is -2.74. The van der Waals surface area contributed by atoms with Gasteiger partial charge in [0.05, 0.1) is 25.1 Å². The Labute approximate surface area is 194 Å². The van der Waals surface area contributed by atoms with E-state index in [2.05, 4.69) is 34.4 Å². The Morgan fingerprint density at radius 3 is 2.79 bits per heavy atom. The monoisotopic (exact) mass is 454 g/mol. The van der Waals surface area contributed by atoms with Crippen molar-refractivity contribution >= 4 is 11.8 Å². The third kappa shape index (κ3) is 4.81. The van der Waals surface area contributed by atoms with Crippen molar-refractivity contribution in [3.63, 3.8) is 0 Å². The fourth-order valence-electron chi connectivity index (χ4n) is 6.10. The highest BCUT2D eigenvalue weighted by Crippen LogP contribution is 2.55. The second-order valence-corrected chi connectivity index (χ2v) is 10.0. The first-order valence-corrected chi connectivity index (χ1v) is 11.8. The molecule has 2 aromatic heterocycles. The molecule has 0 aromatic carbocycles. The van der Waals surface area contributed by atoms with Gasteiger partial charge in [-0.3, -0.25) is 14.6 Å². The van der Waals surface area contributed by atoms with Crippen LogP contribution in [-0.2, 0) is 11.3 Å². The maximum atomic E-state index is 12.8. The Morgan fingerprint density at radius 2 is 2.09 bits per heavy atom. The van der Waals surface area contributed by atoms with Crippen LogP contribution in [0.1, 0.15) is 62.7 Å². The maximum Gasteiger partial charge on any atom is 0.271 e. The number of aliphatic hydroxyl groups excluding tert-OH is 1. The van der Waals surface area contributed by atoms with E-state index in [1.807, 2.05) is 13.0 Å². The molecule has 2 saturated carbocycles. The summed E-state index contributed by atoms with van der Waals surface area (Å²) in [5.74, 6) is 0.0110. The van der Waals surface area contributed by atoms with Crippen LogP contribution in [0.4, 0.5) is 0 Å². The second-order valence-electron chi connectivity index (χ2n) is 10.0. The summed E-state index contributed by atoms with van der Waals surface area (Å²) in [5, 5.41) is 17.6. The molecular formula is C25H34N4O4. The summed E-state index contributed by atoms with van der Waals surface area (Å²) in [4.78, 5) is 33.6. The number of fused-ring (bicyclic) bond motifs is 1. The number of carbonyl (C=O) groups is 2. The second kappa shape index (κ2) is 9.63. The smallest absolute Gasteiger partial charge is 0.271 e. The lowest BCUT2D eigenvalue weighted by Crippen LogP contribution is -2.58. The first-order valence-electron chi connectivity index (χ1n) is 11.8. The quantitative estimate of drug-likeness (QED) is 0.618. The van der Waals surface area contributed by atoms with Gasteiger partial charge in [0.1, 0.15) is 11.5 Å². The summed E-state index contributed by atoms with van der Waals surface area (Å²) in [5.41, 5.74) is 0.287. The lowest BCUT2D eigenvalue weighted by Gasteiger charge is -2.56. The lowest BCUT2D eigenvalue weighted by molar-refractivity contribution is -0.142. The first kappa shape index (κ1) is 23.4. The van der Waals surface area contributed by atoms with Crippen LogP contribution >= 0.6 is 0 Å². The van der Waals surface area contributed by atoms with Crippen molar-refractivity contribution in [2.75, 3.05) is 0 Å². The van der Waals surface area contributed by atoms with E-state index in [0.29, 0.717) is 18.0 Å². The molecule has 0 aliphatic heterocycles. The summed E-state index contributed by atoms with van der Waals surface area (Å²) < 4.78 is 5.30. The molecule has 33 heavy (non-hydrogen) atoms. The van der Waals surface area contributed by atoms with E-state index in [4.69, 9.17) is 4.42 Å². The summed E-state index contributed by atoms with van der Waals surface area (Å²) in [6, 6.07) is 3.56. The molecule has 2 aliphatic carbocycles. The molecule has 3 N–H and O–H groups in total. The Kier molecular flexibility index (Phi) is 6.83. The lowest BCUT2D eigenvalue weighted by atomic mass is 9.51. The molecule has 0 radical (unpaired) electrons. The highest BCUT2D eigenvalue weighted by atomic mass is 16.3. The molecule has 2 aliphatic rings. The maximum absolute atomic E-state index is 12.8. The highest BCUT2D eigenvalue weighted by molar-refractivity contribution is 5.92. The van der Waals surface area contributed by atoms with Gasteiger partial charge in [-0.05, 0) is 61.0 Å². The van der Waals surface area contributed by atoms with Crippen molar-refractivity contribution in [1.29, 1.82) is 0 Å². The molecule has 0 unspecified atom stereocenters. The fourth-order valence-corrected chi connectivity index (χ4v) is 6.10. The molecule has 8 heteroatoms. The summed E-state index contributed by atoms with van der Waals surface area (Å²) in [7, 11) is 0. The van der Waals surface area contributed by atoms with Crippen molar-refractivity contribution in [2.45, 2.75) is 65.1 Å². The summed E-state index contributed by atoms with van der Waals surface area (Å²) in [6.07, 6.45) is 9.03. The zero-order valence-electron chi connectivity index (χ0n) is 19.5. The third-order valence-electron chi connectivity index (χ3n) is 8.07. The predicted octanol–water partition coefficient (Wildman–Crippen LogP) is 2.94. The molecule has 0 spiro atoms. The van der Waals surface area contributed by atoms with Gasteiger partial charge in [-0.2, -0.15) is 0 Å². The van der Waals surface area contributed by atoms with Gasteiger partial charge in [-0.1, -0.05) is 20.8 Å². The number of furan rings is 1. The molecule has 2 aromatic rings. The van der Waals surface area contributed by atoms with E-state index < -0.39 is 6.10 Å². The van der Waals surface area contributed by atoms with Crippen molar-refractivity contribution in [1.82, 2.24) is 20.6 Å². The van der Waals surface area contributed by atoms with Crippen LogP contribution in [0.2, 0.25) is 0 Å². The number of aliphatic hydroxyl groups is 1. The minimum atomic E-state index is -0.612. The molecule has 4 rings (SSSR count). The van der Waals surface area contributed by atoms with Crippen LogP contribution in [0.5, 0.6) is 0 Å². The first-order chi connectivity index (χ1) is 15.8. The molecular weight excluding hydrogens is 420 g/mol. The standard InChI is InChI=1S/C25H34N4O4/c1-15(23(31)28-13-17-5-4-12-33-17)18-6-8-25(3)9-7-19(16(2)21(25)22(18)30)29-24(32)20-14-26-10-11-27-20/h4-5,10-12,14-16,18-19,21-22,30H,6-9,13H2,1-3H3,(H,28,31)(H,29,32)/t15-,16-,18+,19-,21+,22-,25+/m0/s1. The molecule has 0 bridgehead atoms. The van der Waals surface area contributed by atoms with Crippen LogP contribution in [0.3, 0.4) is 0 Å². The average molecular weight is 455 g/mol. The van der Waals surface area contributed by atoms with Gasteiger partial charge >= 0.3 is 0 Å². The van der Waals surface area contributed by atoms with E-state index in [-0.39, 0.29) is 46.9 Å². The van der Waals surface area contributed by atoms with E-state index in [1.165, 1.54) is 18.6 Å². The fraction of sp³-hybridized carbons (Fsp3) is 0.600. The Balaban J connectivity index is 1.43. The van der Waals surface area contributed by atoms with Crippen LogP contribution in [-0.4, -0.2) is 39.0 Å². The zero-order chi connectivity index (χ0) is 23.6. The zero-order valence-corrected chi connectivity index (χ0v) is 19.5. The normalized spacial score (nSPS) is 32.4. The molecule has 178 valence electrons. The summed E-state index contributed by atoms with van der Waals surface area (Å²) in [6.45, 7) is 6.59. The van der Waals surface area contributed by atoms with E-state index in [0.717, 1.165) is 25.7 Å². The number of nitrogens with zero attached hydrogens (tertiary/aromatic N) is 2. The molecule has 7 atom stereocenters. The van der Waals surface area contributed by atoms with Gasteiger partial charge < -0.3 is 20.2 Å². The van der Waals surface area contributed by atoms with Crippen LogP contribution in [0.25, 0.3) is 0 Å². The van der Waals surface area contributed by atoms with Crippen molar-refractivity contribution in [3.05, 3.63) is 48.4 Å². The van der Waals surface area contributed by atoms with Crippen molar-refractivity contribution in [3.8, 4) is 0 Å². The van der Waals surface area contributed by atoms with Gasteiger partial charge in [0.15, 0.2) is 0 Å². The average Bonchev–Trinajstić information content (AvgIpc) is 3.33. The molecule has 2 heterocycles. The van der Waals surface area contributed by atoms with Crippen LogP contribution < -0.4 is 10.6 Å². The minimum absolute atomic E-state index is 0.00233. The third-order valence-corrected chi connectivity index (χ3v) is 8.07. The number of nitrogens with one attached hydrogen (secondary N) is 2. The Bertz CT molecular complexity index is 951. The van der Waals surface area contributed by atoms with Gasteiger partial charge in [0.25, 0.3) is 5.91 Å².